The SMILES string of the molecule is N=C(N)NCCCC[C@H](N)C(N)=O. The number of guanidine groups is 1. The fourth-order valence-corrected chi connectivity index (χ4v) is 0.855. The molecule has 6 heteroatoms. The molecule has 0 aliphatic carbocycles. The number of carbonyl (C=O) groups is 1. The highest BCUT2D eigenvalue weighted by molar-refractivity contribution is 5.79. The average molecular weight is 187 g/mol. The summed E-state index contributed by atoms with van der Waals surface area (Å²) in [5.41, 5.74) is 15.4. The van der Waals surface area contributed by atoms with Crippen LogP contribution in [0, 0.1) is 5.41 Å². The van der Waals surface area contributed by atoms with Gasteiger partial charge < -0.3 is 22.5 Å². The van der Waals surface area contributed by atoms with Crippen LogP contribution in [0.1, 0.15) is 19.3 Å². The molecular formula is C7H17N5O. The highest BCUT2D eigenvalue weighted by Crippen LogP contribution is 1.97. The van der Waals surface area contributed by atoms with Crippen LogP contribution in [0.4, 0.5) is 0 Å². The van der Waals surface area contributed by atoms with Crippen molar-refractivity contribution in [1.29, 1.82) is 5.41 Å². The Morgan fingerprint density at radius 3 is 2.46 bits per heavy atom. The summed E-state index contributed by atoms with van der Waals surface area (Å²) >= 11 is 0. The van der Waals surface area contributed by atoms with Crippen molar-refractivity contribution in [3.05, 3.63) is 0 Å². The van der Waals surface area contributed by atoms with Gasteiger partial charge in [-0.3, -0.25) is 10.2 Å². The lowest BCUT2D eigenvalue weighted by molar-refractivity contribution is -0.119. The van der Waals surface area contributed by atoms with Gasteiger partial charge in [0.15, 0.2) is 5.96 Å². The van der Waals surface area contributed by atoms with Gasteiger partial charge in [-0.1, -0.05) is 0 Å². The number of nitrogens with one attached hydrogen (secondary N) is 2. The molecule has 0 aliphatic heterocycles. The Morgan fingerprint density at radius 1 is 1.38 bits per heavy atom. The third kappa shape index (κ3) is 7.07. The lowest BCUT2D eigenvalue weighted by atomic mass is 10.1. The van der Waals surface area contributed by atoms with E-state index in [0.29, 0.717) is 13.0 Å². The fourth-order valence-electron chi connectivity index (χ4n) is 0.855. The van der Waals surface area contributed by atoms with Gasteiger partial charge in [0.1, 0.15) is 0 Å². The first-order valence-corrected chi connectivity index (χ1v) is 4.17. The van der Waals surface area contributed by atoms with Gasteiger partial charge in [-0.2, -0.15) is 0 Å². The first-order valence-electron chi connectivity index (χ1n) is 4.17. The second-order valence-corrected chi connectivity index (χ2v) is 2.85. The van der Waals surface area contributed by atoms with Crippen LogP contribution in [-0.2, 0) is 4.79 Å². The first kappa shape index (κ1) is 11.7. The third-order valence-corrected chi connectivity index (χ3v) is 1.62. The predicted molar refractivity (Wildman–Crippen MR) is 50.9 cm³/mol. The molecule has 0 spiro atoms. The van der Waals surface area contributed by atoms with Crippen molar-refractivity contribution < 1.29 is 4.79 Å². The molecule has 0 bridgehead atoms. The molecule has 0 rings (SSSR count). The molecule has 0 aromatic carbocycles. The Balaban J connectivity index is 3.26. The average Bonchev–Trinajstić information content (AvgIpc) is 2.02. The van der Waals surface area contributed by atoms with E-state index in [1.807, 2.05) is 0 Å². The summed E-state index contributed by atoms with van der Waals surface area (Å²) in [4.78, 5) is 10.5. The summed E-state index contributed by atoms with van der Waals surface area (Å²) < 4.78 is 0. The van der Waals surface area contributed by atoms with E-state index >= 15 is 0 Å². The number of hydrogen-bond acceptors (Lipinski definition) is 3. The van der Waals surface area contributed by atoms with Gasteiger partial charge in [-0.25, -0.2) is 0 Å². The monoisotopic (exact) mass is 187 g/mol. The standard InChI is InChI=1S/C7H17N5O/c8-5(6(9)13)3-1-2-4-12-7(10)11/h5H,1-4,8H2,(H2,9,13)(H4,10,11,12)/t5-/m0/s1. The molecule has 0 unspecified atom stereocenters. The summed E-state index contributed by atoms with van der Waals surface area (Å²) in [6.07, 6.45) is 2.19. The maximum absolute atomic E-state index is 10.5. The second kappa shape index (κ2) is 6.24. The number of carbonyl (C=O) groups excluding carboxylic acids is 1. The van der Waals surface area contributed by atoms with Crippen LogP contribution in [0.25, 0.3) is 0 Å². The molecule has 1 amide bonds. The molecular weight excluding hydrogens is 170 g/mol. The minimum Gasteiger partial charge on any atom is -0.370 e. The molecule has 0 aromatic rings. The Kier molecular flexibility index (Phi) is 5.62. The summed E-state index contributed by atoms with van der Waals surface area (Å²) in [6.45, 7) is 0.626. The highest BCUT2D eigenvalue weighted by atomic mass is 16.1. The van der Waals surface area contributed by atoms with E-state index in [4.69, 9.17) is 22.6 Å². The van der Waals surface area contributed by atoms with Crippen LogP contribution in [0.2, 0.25) is 0 Å². The van der Waals surface area contributed by atoms with Crippen molar-refractivity contribution in [2.24, 2.45) is 17.2 Å². The zero-order valence-electron chi connectivity index (χ0n) is 7.55. The Bertz CT molecular complexity index is 182. The van der Waals surface area contributed by atoms with Gasteiger partial charge in [0.25, 0.3) is 0 Å². The van der Waals surface area contributed by atoms with Gasteiger partial charge in [0, 0.05) is 6.54 Å². The third-order valence-electron chi connectivity index (χ3n) is 1.62. The van der Waals surface area contributed by atoms with Crippen LogP contribution in [0.3, 0.4) is 0 Å². The van der Waals surface area contributed by atoms with Crippen LogP contribution in [0.15, 0.2) is 0 Å². The number of nitrogens with two attached hydrogens (primary N) is 3. The Morgan fingerprint density at radius 2 is 2.00 bits per heavy atom. The topological polar surface area (TPSA) is 131 Å². The zero-order chi connectivity index (χ0) is 10.3. The van der Waals surface area contributed by atoms with Crippen molar-refractivity contribution in [1.82, 2.24) is 5.32 Å². The molecule has 0 radical (unpaired) electrons. The molecule has 6 nitrogen and oxygen atoms in total. The van der Waals surface area contributed by atoms with Crippen LogP contribution >= 0.6 is 0 Å². The van der Waals surface area contributed by atoms with Gasteiger partial charge in [-0.05, 0) is 19.3 Å². The summed E-state index contributed by atoms with van der Waals surface area (Å²) in [7, 11) is 0. The van der Waals surface area contributed by atoms with Crippen molar-refractivity contribution in [3.63, 3.8) is 0 Å². The summed E-state index contributed by atoms with van der Waals surface area (Å²) in [5, 5.41) is 9.50. The van der Waals surface area contributed by atoms with Crippen molar-refractivity contribution >= 4 is 11.9 Å². The second-order valence-electron chi connectivity index (χ2n) is 2.85. The molecule has 76 valence electrons. The highest BCUT2D eigenvalue weighted by Gasteiger charge is 2.07. The number of rotatable bonds is 6. The van der Waals surface area contributed by atoms with E-state index in [1.165, 1.54) is 0 Å². The van der Waals surface area contributed by atoms with E-state index < -0.39 is 11.9 Å². The lowest BCUT2D eigenvalue weighted by Crippen LogP contribution is -2.36. The van der Waals surface area contributed by atoms with Gasteiger partial charge in [0.2, 0.25) is 5.91 Å². The van der Waals surface area contributed by atoms with E-state index in [0.717, 1.165) is 12.8 Å². The predicted octanol–water partition coefficient (Wildman–Crippen LogP) is -1.55. The van der Waals surface area contributed by atoms with Crippen molar-refractivity contribution in [2.75, 3.05) is 6.54 Å². The zero-order valence-corrected chi connectivity index (χ0v) is 7.55. The summed E-state index contributed by atoms with van der Waals surface area (Å²) in [5.74, 6) is -0.515. The van der Waals surface area contributed by atoms with Gasteiger partial charge in [0.05, 0.1) is 6.04 Å². The minimum atomic E-state index is -0.558. The largest absolute Gasteiger partial charge is 0.370 e. The number of amides is 1. The van der Waals surface area contributed by atoms with Gasteiger partial charge >= 0.3 is 0 Å². The van der Waals surface area contributed by atoms with E-state index in [9.17, 15) is 4.79 Å². The first-order chi connectivity index (χ1) is 6.04. The van der Waals surface area contributed by atoms with Crippen LogP contribution < -0.4 is 22.5 Å². The number of unbranched alkanes of at least 4 members (excludes halogenated alkanes) is 1. The molecule has 0 saturated heterocycles. The molecule has 0 aromatic heterocycles. The normalized spacial score (nSPS) is 12.1. The van der Waals surface area contributed by atoms with Crippen LogP contribution in [0.5, 0.6) is 0 Å². The van der Waals surface area contributed by atoms with Gasteiger partial charge in [-0.15, -0.1) is 0 Å². The maximum atomic E-state index is 10.5. The molecule has 0 heterocycles. The number of primary amides is 1. The van der Waals surface area contributed by atoms with E-state index in [-0.39, 0.29) is 5.96 Å². The summed E-state index contributed by atoms with van der Waals surface area (Å²) in [6, 6.07) is -0.558. The molecule has 8 N–H and O–H groups in total. The number of hydrogen-bond donors (Lipinski definition) is 5. The molecule has 0 aliphatic rings. The molecule has 1 atom stereocenters. The van der Waals surface area contributed by atoms with E-state index in [2.05, 4.69) is 5.32 Å². The molecule has 0 fully saturated rings. The smallest absolute Gasteiger partial charge is 0.234 e. The fraction of sp³-hybridized carbons (Fsp3) is 0.714. The molecule has 13 heavy (non-hydrogen) atoms. The van der Waals surface area contributed by atoms with E-state index in [1.54, 1.807) is 0 Å². The maximum Gasteiger partial charge on any atom is 0.234 e. The van der Waals surface area contributed by atoms with Crippen molar-refractivity contribution in [2.45, 2.75) is 25.3 Å². The quantitative estimate of drug-likeness (QED) is 0.196. The van der Waals surface area contributed by atoms with Crippen molar-refractivity contribution in [3.8, 4) is 0 Å². The Hall–Kier alpha value is -1.30. The lowest BCUT2D eigenvalue weighted by Gasteiger charge is -2.07. The Labute approximate surface area is 77.3 Å². The minimum absolute atomic E-state index is 0.0424. The van der Waals surface area contributed by atoms with Crippen LogP contribution in [-0.4, -0.2) is 24.5 Å². The molecule has 0 saturated carbocycles.